The Morgan fingerprint density at radius 3 is 2.13 bits per heavy atom. The summed E-state index contributed by atoms with van der Waals surface area (Å²) in [5.74, 6) is -0.421. The van der Waals surface area contributed by atoms with E-state index in [-0.39, 0.29) is 89.0 Å². The van der Waals surface area contributed by atoms with Crippen LogP contribution in [-0.4, -0.2) is 47.3 Å². The van der Waals surface area contributed by atoms with Crippen LogP contribution in [0.25, 0.3) is 0 Å². The fraction of sp³-hybridized carbons (Fsp3) is 0.867. The maximum Gasteiger partial charge on any atom is 0.303 e. The minimum atomic E-state index is -0.790. The van der Waals surface area contributed by atoms with Gasteiger partial charge in [0.2, 0.25) is 0 Å². The van der Waals surface area contributed by atoms with Gasteiger partial charge in [0.05, 0.1) is 0 Å². The molecule has 0 bridgehead atoms. The third-order valence-corrected chi connectivity index (χ3v) is 11.2. The molecule has 4 fully saturated rings. The van der Waals surface area contributed by atoms with Gasteiger partial charge in [-0.05, 0) is 86.4 Å². The highest BCUT2D eigenvalue weighted by atomic mass is 16.6. The molecule has 1 unspecified atom stereocenters. The molecule has 0 aromatic carbocycles. The topological polar surface area (TPSA) is 116 Å². The number of carbonyl (C=O) groups is 4. The lowest BCUT2D eigenvalue weighted by atomic mass is 9.43. The lowest BCUT2D eigenvalue weighted by Crippen LogP contribution is -2.63. The summed E-state index contributed by atoms with van der Waals surface area (Å²) in [4.78, 5) is 47.7. The molecular weight excluding hydrogens is 488 g/mol. The average Bonchev–Trinajstić information content (AvgIpc) is 3.16. The Hall–Kier alpha value is -2.12. The fourth-order valence-electron chi connectivity index (χ4n) is 9.67. The van der Waals surface area contributed by atoms with Gasteiger partial charge in [0.1, 0.15) is 18.3 Å². The van der Waals surface area contributed by atoms with E-state index in [9.17, 15) is 24.3 Å². The van der Waals surface area contributed by atoms with Crippen molar-refractivity contribution in [3.63, 3.8) is 0 Å². The highest BCUT2D eigenvalue weighted by molar-refractivity contribution is 5.67. The van der Waals surface area contributed by atoms with Crippen LogP contribution in [0.3, 0.4) is 0 Å². The Morgan fingerprint density at radius 2 is 1.53 bits per heavy atom. The second-order valence-corrected chi connectivity index (χ2v) is 13.2. The normalized spacial score (nSPS) is 42.6. The second-order valence-electron chi connectivity index (χ2n) is 13.2. The monoisotopic (exact) mass is 534 g/mol. The maximum absolute atomic E-state index is 12.4. The molecular formula is C30H46O8. The molecule has 11 atom stereocenters. The van der Waals surface area contributed by atoms with Gasteiger partial charge in [-0.25, -0.2) is 0 Å². The van der Waals surface area contributed by atoms with Crippen molar-refractivity contribution in [3.8, 4) is 0 Å². The van der Waals surface area contributed by atoms with Crippen LogP contribution in [0, 0.1) is 46.3 Å². The zero-order chi connectivity index (χ0) is 28.0. The second kappa shape index (κ2) is 10.8. The highest BCUT2D eigenvalue weighted by Crippen LogP contribution is 2.69. The van der Waals surface area contributed by atoms with Crippen LogP contribution < -0.4 is 0 Å². The molecule has 0 radical (unpaired) electrons. The minimum Gasteiger partial charge on any atom is -0.481 e. The summed E-state index contributed by atoms with van der Waals surface area (Å²) in [6.45, 7) is 11.1. The van der Waals surface area contributed by atoms with Crippen LogP contribution >= 0.6 is 0 Å². The van der Waals surface area contributed by atoms with Gasteiger partial charge in [0.25, 0.3) is 0 Å². The average molecular weight is 535 g/mol. The number of carboxylic acids is 1. The molecule has 0 aromatic heterocycles. The van der Waals surface area contributed by atoms with Crippen molar-refractivity contribution in [1.82, 2.24) is 0 Å². The zero-order valence-electron chi connectivity index (χ0n) is 23.9. The smallest absolute Gasteiger partial charge is 0.303 e. The van der Waals surface area contributed by atoms with E-state index >= 15 is 0 Å². The molecule has 4 aliphatic carbocycles. The van der Waals surface area contributed by atoms with Gasteiger partial charge in [0.15, 0.2) is 0 Å². The molecule has 0 aromatic rings. The first-order valence-corrected chi connectivity index (χ1v) is 14.5. The number of aliphatic carboxylic acids is 1. The number of hydrogen-bond acceptors (Lipinski definition) is 7. The molecule has 1 N–H and O–H groups in total. The number of rotatable bonds is 7. The van der Waals surface area contributed by atoms with Crippen molar-refractivity contribution in [2.75, 3.05) is 0 Å². The fourth-order valence-corrected chi connectivity index (χ4v) is 9.67. The first-order valence-electron chi connectivity index (χ1n) is 14.5. The predicted molar refractivity (Wildman–Crippen MR) is 139 cm³/mol. The lowest BCUT2D eigenvalue weighted by Gasteiger charge is -2.64. The van der Waals surface area contributed by atoms with Gasteiger partial charge in [-0.3, -0.25) is 19.2 Å². The van der Waals surface area contributed by atoms with Crippen LogP contribution in [-0.2, 0) is 33.4 Å². The van der Waals surface area contributed by atoms with E-state index in [1.165, 1.54) is 20.8 Å². The summed E-state index contributed by atoms with van der Waals surface area (Å²) >= 11 is 0. The Bertz CT molecular complexity index is 947. The summed E-state index contributed by atoms with van der Waals surface area (Å²) in [5, 5.41) is 9.31. The summed E-state index contributed by atoms with van der Waals surface area (Å²) in [6.07, 6.45) is 5.93. The van der Waals surface area contributed by atoms with Crippen LogP contribution in [0.1, 0.15) is 99.3 Å². The summed E-state index contributed by atoms with van der Waals surface area (Å²) in [5.41, 5.74) is -0.355. The van der Waals surface area contributed by atoms with Gasteiger partial charge in [-0.15, -0.1) is 0 Å². The van der Waals surface area contributed by atoms with Crippen LogP contribution in [0.4, 0.5) is 0 Å². The van der Waals surface area contributed by atoms with Crippen LogP contribution in [0.15, 0.2) is 0 Å². The van der Waals surface area contributed by atoms with Gasteiger partial charge >= 0.3 is 23.9 Å². The Kier molecular flexibility index (Phi) is 8.21. The highest BCUT2D eigenvalue weighted by Gasteiger charge is 2.67. The van der Waals surface area contributed by atoms with Crippen molar-refractivity contribution in [3.05, 3.63) is 0 Å². The molecule has 8 heteroatoms. The Balaban J connectivity index is 1.71. The predicted octanol–water partition coefficient (Wildman–Crippen LogP) is 5.16. The van der Waals surface area contributed by atoms with E-state index in [1.54, 1.807) is 0 Å². The van der Waals surface area contributed by atoms with Gasteiger partial charge < -0.3 is 19.3 Å². The van der Waals surface area contributed by atoms with E-state index in [1.807, 2.05) is 0 Å². The van der Waals surface area contributed by atoms with Crippen LogP contribution in [0.2, 0.25) is 0 Å². The molecule has 8 nitrogen and oxygen atoms in total. The van der Waals surface area contributed by atoms with Gasteiger partial charge in [-0.1, -0.05) is 20.8 Å². The number of ether oxygens (including phenoxy) is 3. The Morgan fingerprint density at radius 1 is 0.868 bits per heavy atom. The Labute approximate surface area is 226 Å². The molecule has 0 saturated heterocycles. The number of carboxylic acid groups (broad SMARTS) is 1. The standard InChI is InChI=1S/C30H46O8/c1-16(7-10-27(34)35)22-8-9-23-28-24(15-26(30(22,23)6)38-19(4)33)29(5)12-11-21(36-17(2)31)13-20(29)14-25(28)37-18(3)32/h16,20-26,28H,7-15H2,1-6H3,(H,34,35)/t16-,20+,21-,22?,23+,24+,25-,26+,28+,29+,30-/m1/s1. The molecule has 4 aliphatic rings. The largest absolute Gasteiger partial charge is 0.481 e. The van der Waals surface area contributed by atoms with Gasteiger partial charge in [0, 0.05) is 38.5 Å². The first kappa shape index (κ1) is 28.9. The van der Waals surface area contributed by atoms with E-state index in [0.29, 0.717) is 12.8 Å². The van der Waals surface area contributed by atoms with E-state index in [0.717, 1.165) is 38.5 Å². The zero-order valence-corrected chi connectivity index (χ0v) is 23.9. The van der Waals surface area contributed by atoms with Crippen molar-refractivity contribution < 1.29 is 38.5 Å². The molecule has 0 amide bonds. The molecule has 38 heavy (non-hydrogen) atoms. The number of hydrogen-bond donors (Lipinski definition) is 1. The third kappa shape index (κ3) is 5.21. The summed E-state index contributed by atoms with van der Waals surface area (Å²) in [7, 11) is 0. The maximum atomic E-state index is 12.4. The van der Waals surface area contributed by atoms with Crippen molar-refractivity contribution in [1.29, 1.82) is 0 Å². The minimum absolute atomic E-state index is 0.0370. The molecule has 4 saturated carbocycles. The SMILES string of the molecule is CC(=O)O[C@@H]1CC[C@@]2(C)[C@@H](C1)C[C@@H](OC(C)=O)[C@@H]1[C@@H]2C[C@H](OC(C)=O)[C@]2(C)C([C@H](C)CCC(=O)O)CC[C@@H]12. The van der Waals surface area contributed by atoms with Crippen molar-refractivity contribution >= 4 is 23.9 Å². The molecule has 4 rings (SSSR count). The summed E-state index contributed by atoms with van der Waals surface area (Å²) in [6, 6.07) is 0. The summed E-state index contributed by atoms with van der Waals surface area (Å²) < 4.78 is 17.8. The van der Waals surface area contributed by atoms with Gasteiger partial charge in [-0.2, -0.15) is 0 Å². The molecule has 214 valence electrons. The van der Waals surface area contributed by atoms with E-state index < -0.39 is 5.97 Å². The van der Waals surface area contributed by atoms with Crippen molar-refractivity contribution in [2.45, 2.75) is 118 Å². The number of carbonyl (C=O) groups excluding carboxylic acids is 3. The quantitative estimate of drug-likeness (QED) is 0.352. The third-order valence-electron chi connectivity index (χ3n) is 11.2. The lowest BCUT2D eigenvalue weighted by molar-refractivity contribution is -0.224. The first-order chi connectivity index (χ1) is 17.8. The van der Waals surface area contributed by atoms with Crippen LogP contribution in [0.5, 0.6) is 0 Å². The van der Waals surface area contributed by atoms with E-state index in [2.05, 4.69) is 20.8 Å². The number of fused-ring (bicyclic) bond motifs is 5. The molecule has 0 spiro atoms. The molecule has 0 aliphatic heterocycles. The van der Waals surface area contributed by atoms with E-state index in [4.69, 9.17) is 14.2 Å². The number of esters is 3. The van der Waals surface area contributed by atoms with Crippen molar-refractivity contribution in [2.24, 2.45) is 46.3 Å². The molecule has 0 heterocycles.